The minimum atomic E-state index is -0.939. The van der Waals surface area contributed by atoms with Crippen LogP contribution in [0.1, 0.15) is 18.1 Å². The molecule has 0 fully saturated rings. The van der Waals surface area contributed by atoms with Gasteiger partial charge in [0.05, 0.1) is 12.5 Å². The highest BCUT2D eigenvalue weighted by Crippen LogP contribution is 2.32. The summed E-state index contributed by atoms with van der Waals surface area (Å²) < 4.78 is 4.54. The molecule has 2 rings (SSSR count). The van der Waals surface area contributed by atoms with Gasteiger partial charge in [-0.2, -0.15) is 0 Å². The van der Waals surface area contributed by atoms with Crippen LogP contribution >= 0.6 is 0 Å². The van der Waals surface area contributed by atoms with E-state index >= 15 is 0 Å². The molecule has 0 saturated carbocycles. The third-order valence-electron chi connectivity index (χ3n) is 3.74. The number of ether oxygens (including phenoxy) is 1. The lowest BCUT2D eigenvalue weighted by atomic mass is 9.75. The number of methoxy groups -OCH3 is 1. The lowest BCUT2D eigenvalue weighted by molar-refractivity contribution is -0.121. The van der Waals surface area contributed by atoms with Crippen molar-refractivity contribution < 1.29 is 14.3 Å². The molecular weight excluding hydrogens is 280 g/mol. The summed E-state index contributed by atoms with van der Waals surface area (Å²) in [5, 5.41) is 2.56. The molecule has 5 nitrogen and oxygen atoms in total. The number of carbonyl (C=O) groups excluding carboxylic acids is 2. The summed E-state index contributed by atoms with van der Waals surface area (Å²) in [5.41, 5.74) is 6.85. The maximum atomic E-state index is 12.1. The van der Waals surface area contributed by atoms with Crippen LogP contribution in [-0.4, -0.2) is 19.1 Å². The fraction of sp³-hybridized carbons (Fsp3) is 0.176. The van der Waals surface area contributed by atoms with Gasteiger partial charge in [0.15, 0.2) is 0 Å². The maximum absolute atomic E-state index is 12.1. The van der Waals surface area contributed by atoms with Crippen molar-refractivity contribution in [2.75, 3.05) is 12.4 Å². The fourth-order valence-corrected chi connectivity index (χ4v) is 2.28. The van der Waals surface area contributed by atoms with Crippen molar-refractivity contribution in [3.05, 3.63) is 65.7 Å². The number of benzene rings is 2. The Kier molecular flexibility index (Phi) is 4.46. The van der Waals surface area contributed by atoms with E-state index in [1.807, 2.05) is 30.3 Å². The number of nitrogens with one attached hydrogen (secondary N) is 1. The van der Waals surface area contributed by atoms with E-state index in [2.05, 4.69) is 10.1 Å². The zero-order valence-corrected chi connectivity index (χ0v) is 12.5. The Labute approximate surface area is 129 Å². The quantitative estimate of drug-likeness (QED) is 0.910. The Morgan fingerprint density at radius 2 is 1.55 bits per heavy atom. The molecule has 3 N–H and O–H groups in total. The van der Waals surface area contributed by atoms with Crippen LogP contribution < -0.4 is 11.1 Å². The van der Waals surface area contributed by atoms with Gasteiger partial charge in [-0.25, -0.2) is 4.79 Å². The molecule has 0 heterocycles. The lowest BCUT2D eigenvalue weighted by Gasteiger charge is -2.27. The molecule has 0 bridgehead atoms. The van der Waals surface area contributed by atoms with Crippen LogP contribution in [0.2, 0.25) is 0 Å². The zero-order valence-electron chi connectivity index (χ0n) is 12.5. The summed E-state index contributed by atoms with van der Waals surface area (Å²) in [4.78, 5) is 23.2. The summed E-state index contributed by atoms with van der Waals surface area (Å²) in [6.45, 7) is 1.79. The van der Waals surface area contributed by atoms with Crippen LogP contribution in [0.25, 0.3) is 0 Å². The van der Waals surface area contributed by atoms with Crippen LogP contribution in [0.5, 0.6) is 0 Å². The Morgan fingerprint density at radius 1 is 1.00 bits per heavy atom. The van der Waals surface area contributed by atoms with Gasteiger partial charge in [0.2, 0.25) is 5.91 Å². The fourth-order valence-electron chi connectivity index (χ4n) is 2.28. The summed E-state index contributed by atoms with van der Waals surface area (Å²) in [6.07, 6.45) is -0.548. The van der Waals surface area contributed by atoms with Crippen LogP contribution in [0, 0.1) is 0 Å². The van der Waals surface area contributed by atoms with E-state index in [0.717, 1.165) is 11.1 Å². The topological polar surface area (TPSA) is 81.4 Å². The molecule has 0 aliphatic carbocycles. The largest absolute Gasteiger partial charge is 0.453 e. The minimum absolute atomic E-state index is 0.438. The molecule has 5 heteroatoms. The molecule has 1 atom stereocenters. The first-order chi connectivity index (χ1) is 10.5. The van der Waals surface area contributed by atoms with E-state index in [0.29, 0.717) is 5.69 Å². The highest BCUT2D eigenvalue weighted by atomic mass is 16.5. The Morgan fingerprint density at radius 3 is 2.05 bits per heavy atom. The minimum Gasteiger partial charge on any atom is -0.453 e. The first kappa shape index (κ1) is 15.6. The zero-order chi connectivity index (χ0) is 16.2. The van der Waals surface area contributed by atoms with Gasteiger partial charge in [-0.3, -0.25) is 10.1 Å². The first-order valence-corrected chi connectivity index (χ1v) is 6.79. The van der Waals surface area contributed by atoms with Crippen molar-refractivity contribution in [3.63, 3.8) is 0 Å². The average molecular weight is 298 g/mol. The first-order valence-electron chi connectivity index (χ1n) is 6.79. The Bertz CT molecular complexity index is 668. The van der Waals surface area contributed by atoms with Crippen molar-refractivity contribution in [1.82, 2.24) is 0 Å². The predicted molar refractivity (Wildman–Crippen MR) is 84.6 cm³/mol. The van der Waals surface area contributed by atoms with Gasteiger partial charge >= 0.3 is 6.09 Å². The second-order valence-electron chi connectivity index (χ2n) is 5.05. The summed E-state index contributed by atoms with van der Waals surface area (Å²) in [6, 6.07) is 16.3. The molecule has 0 aromatic heterocycles. The molecule has 0 radical (unpaired) electrons. The second-order valence-corrected chi connectivity index (χ2v) is 5.05. The number of anilines is 1. The average Bonchev–Trinajstić information content (AvgIpc) is 2.55. The smallest absolute Gasteiger partial charge is 0.411 e. The number of carbonyl (C=O) groups is 2. The van der Waals surface area contributed by atoms with Crippen molar-refractivity contribution in [2.45, 2.75) is 12.3 Å². The van der Waals surface area contributed by atoms with Crippen molar-refractivity contribution in [1.29, 1.82) is 0 Å². The van der Waals surface area contributed by atoms with E-state index < -0.39 is 17.4 Å². The molecule has 0 aliphatic heterocycles. The molecule has 0 saturated heterocycles. The van der Waals surface area contributed by atoms with Crippen molar-refractivity contribution in [3.8, 4) is 0 Å². The molecule has 1 unspecified atom stereocenters. The number of primary amides is 1. The third kappa shape index (κ3) is 2.93. The van der Waals surface area contributed by atoms with Crippen molar-refractivity contribution in [2.24, 2.45) is 5.73 Å². The van der Waals surface area contributed by atoms with E-state index in [1.165, 1.54) is 7.11 Å². The third-order valence-corrected chi connectivity index (χ3v) is 3.74. The van der Waals surface area contributed by atoms with E-state index in [4.69, 9.17) is 5.73 Å². The molecule has 114 valence electrons. The number of amides is 2. The lowest BCUT2D eigenvalue weighted by Crippen LogP contribution is -2.39. The van der Waals surface area contributed by atoms with Crippen LogP contribution in [-0.2, 0) is 14.9 Å². The van der Waals surface area contributed by atoms with Gasteiger partial charge in [-0.1, -0.05) is 42.5 Å². The van der Waals surface area contributed by atoms with E-state index in [-0.39, 0.29) is 0 Å². The summed E-state index contributed by atoms with van der Waals surface area (Å²) in [7, 11) is 1.29. The standard InChI is InChI=1S/C17H18N2O3/c1-17(15(18)20,12-6-4-3-5-7-12)13-8-10-14(11-9-13)19-16(21)22-2/h3-11H,1-2H3,(H2,18,20)(H,19,21). The normalized spacial score (nSPS) is 13.0. The Balaban J connectivity index is 2.38. The molecule has 0 spiro atoms. The van der Waals surface area contributed by atoms with Crippen LogP contribution in [0.15, 0.2) is 54.6 Å². The van der Waals surface area contributed by atoms with E-state index in [9.17, 15) is 9.59 Å². The Hall–Kier alpha value is -2.82. The number of hydrogen-bond donors (Lipinski definition) is 2. The van der Waals surface area contributed by atoms with Crippen LogP contribution in [0.4, 0.5) is 10.5 Å². The van der Waals surface area contributed by atoms with Gasteiger partial charge < -0.3 is 10.5 Å². The molecule has 2 amide bonds. The van der Waals surface area contributed by atoms with Crippen molar-refractivity contribution >= 4 is 17.7 Å². The van der Waals surface area contributed by atoms with Gasteiger partial charge in [0.25, 0.3) is 0 Å². The number of nitrogens with two attached hydrogens (primary N) is 1. The SMILES string of the molecule is COC(=O)Nc1ccc(C(C)(C(N)=O)c2ccccc2)cc1. The number of hydrogen-bond acceptors (Lipinski definition) is 3. The summed E-state index contributed by atoms with van der Waals surface area (Å²) >= 11 is 0. The van der Waals surface area contributed by atoms with Crippen LogP contribution in [0.3, 0.4) is 0 Å². The molecule has 22 heavy (non-hydrogen) atoms. The van der Waals surface area contributed by atoms with E-state index in [1.54, 1.807) is 31.2 Å². The molecular formula is C17H18N2O3. The monoisotopic (exact) mass is 298 g/mol. The predicted octanol–water partition coefficient (Wildman–Crippen LogP) is 2.66. The highest BCUT2D eigenvalue weighted by Gasteiger charge is 2.35. The van der Waals surface area contributed by atoms with Gasteiger partial charge in [-0.15, -0.1) is 0 Å². The molecule has 2 aromatic carbocycles. The highest BCUT2D eigenvalue weighted by molar-refractivity contribution is 5.90. The molecule has 2 aromatic rings. The maximum Gasteiger partial charge on any atom is 0.411 e. The second kappa shape index (κ2) is 6.30. The summed E-state index contributed by atoms with van der Waals surface area (Å²) in [5.74, 6) is -0.438. The van der Waals surface area contributed by atoms with Gasteiger partial charge in [-0.05, 0) is 30.2 Å². The van der Waals surface area contributed by atoms with Gasteiger partial charge in [0.1, 0.15) is 0 Å². The number of rotatable bonds is 4. The molecule has 0 aliphatic rings. The van der Waals surface area contributed by atoms with Gasteiger partial charge in [0, 0.05) is 5.69 Å².